The molecule has 1 unspecified atom stereocenters. The fourth-order valence-corrected chi connectivity index (χ4v) is 0.910. The number of likely N-dealkylation sites (N-methyl/N-ethyl adjacent to an activating group) is 1. The Hall–Kier alpha value is -1.10. The number of hydrogen-bond acceptors (Lipinski definition) is 4. The first kappa shape index (κ1) is 11.9. The van der Waals surface area contributed by atoms with Gasteiger partial charge in [0.15, 0.2) is 0 Å². The van der Waals surface area contributed by atoms with Gasteiger partial charge in [0.1, 0.15) is 12.5 Å². The molecule has 0 saturated carbocycles. The fraction of sp³-hybridized carbons (Fsp3) is 0.750. The van der Waals surface area contributed by atoms with E-state index in [1.165, 1.54) is 0 Å². The lowest BCUT2D eigenvalue weighted by molar-refractivity contribution is -0.878. The lowest BCUT2D eigenvalue weighted by Gasteiger charge is -2.20. The van der Waals surface area contributed by atoms with Gasteiger partial charge in [-0.1, -0.05) is 0 Å². The largest absolute Gasteiger partial charge is 0.544 e. The zero-order chi connectivity index (χ0) is 10.4. The van der Waals surface area contributed by atoms with Crippen LogP contribution in [-0.4, -0.2) is 38.7 Å². The number of carboxylic acid groups (broad SMARTS) is 1. The average molecular weight is 189 g/mol. The van der Waals surface area contributed by atoms with Crippen LogP contribution in [0.2, 0.25) is 0 Å². The highest BCUT2D eigenvalue weighted by Gasteiger charge is 2.21. The van der Waals surface area contributed by atoms with E-state index in [1.807, 2.05) is 0 Å². The first-order chi connectivity index (χ1) is 5.99. The number of ether oxygens (including phenoxy) is 1. The molecule has 0 saturated heterocycles. The molecule has 1 atom stereocenters. The SMILES string of the molecule is CCOC(=O)CC(C(=O)[O-])[NH+](C)C. The summed E-state index contributed by atoms with van der Waals surface area (Å²) in [4.78, 5) is 22.1. The van der Waals surface area contributed by atoms with Crippen LogP contribution < -0.4 is 10.0 Å². The zero-order valence-electron chi connectivity index (χ0n) is 8.12. The van der Waals surface area contributed by atoms with Gasteiger partial charge in [0.05, 0.1) is 26.7 Å². The number of nitrogens with one attached hydrogen (secondary N) is 1. The van der Waals surface area contributed by atoms with Gasteiger partial charge in [-0.15, -0.1) is 0 Å². The average Bonchev–Trinajstić information content (AvgIpc) is 1.99. The third-order valence-corrected chi connectivity index (χ3v) is 1.66. The summed E-state index contributed by atoms with van der Waals surface area (Å²) in [6.45, 7) is 1.94. The number of carbonyl (C=O) groups excluding carboxylic acids is 2. The van der Waals surface area contributed by atoms with Gasteiger partial charge in [-0.3, -0.25) is 4.79 Å². The van der Waals surface area contributed by atoms with E-state index in [2.05, 4.69) is 4.74 Å². The monoisotopic (exact) mass is 189 g/mol. The van der Waals surface area contributed by atoms with E-state index in [4.69, 9.17) is 0 Å². The summed E-state index contributed by atoms with van der Waals surface area (Å²) in [5.41, 5.74) is 0. The summed E-state index contributed by atoms with van der Waals surface area (Å²) >= 11 is 0. The molecule has 1 N–H and O–H groups in total. The molecule has 0 radical (unpaired) electrons. The summed E-state index contributed by atoms with van der Waals surface area (Å²) in [7, 11) is 3.30. The summed E-state index contributed by atoms with van der Waals surface area (Å²) in [5, 5.41) is 10.5. The van der Waals surface area contributed by atoms with Crippen molar-refractivity contribution < 1.29 is 24.3 Å². The summed E-state index contributed by atoms with van der Waals surface area (Å²) < 4.78 is 4.63. The van der Waals surface area contributed by atoms with Crippen molar-refractivity contribution in [3.05, 3.63) is 0 Å². The van der Waals surface area contributed by atoms with E-state index in [0.717, 1.165) is 0 Å². The second-order valence-corrected chi connectivity index (χ2v) is 2.96. The third kappa shape index (κ3) is 4.47. The molecule has 0 heterocycles. The van der Waals surface area contributed by atoms with Crippen LogP contribution in [0.25, 0.3) is 0 Å². The van der Waals surface area contributed by atoms with E-state index in [0.29, 0.717) is 4.90 Å². The van der Waals surface area contributed by atoms with Crippen molar-refractivity contribution in [2.24, 2.45) is 0 Å². The van der Waals surface area contributed by atoms with Gasteiger partial charge < -0.3 is 19.5 Å². The van der Waals surface area contributed by atoms with Crippen molar-refractivity contribution in [1.29, 1.82) is 0 Å². The van der Waals surface area contributed by atoms with E-state index in [-0.39, 0.29) is 13.0 Å². The van der Waals surface area contributed by atoms with Crippen LogP contribution in [0.4, 0.5) is 0 Å². The molecule has 0 amide bonds. The summed E-state index contributed by atoms with van der Waals surface area (Å²) in [6, 6.07) is -0.834. The number of carboxylic acids is 1. The van der Waals surface area contributed by atoms with E-state index >= 15 is 0 Å². The Morgan fingerprint density at radius 2 is 2.00 bits per heavy atom. The first-order valence-electron chi connectivity index (χ1n) is 4.15. The summed E-state index contributed by atoms with van der Waals surface area (Å²) in [6.07, 6.45) is -0.140. The third-order valence-electron chi connectivity index (χ3n) is 1.66. The standard InChI is InChI=1S/C8H15NO4/c1-4-13-7(10)5-6(8(11)12)9(2)3/h6H,4-5H2,1-3H3,(H,11,12). The molecule has 0 aliphatic heterocycles. The van der Waals surface area contributed by atoms with Crippen molar-refractivity contribution in [2.75, 3.05) is 20.7 Å². The Morgan fingerprint density at radius 1 is 1.46 bits per heavy atom. The van der Waals surface area contributed by atoms with Crippen LogP contribution in [-0.2, 0) is 14.3 Å². The topological polar surface area (TPSA) is 70.9 Å². The smallest absolute Gasteiger partial charge is 0.312 e. The molecular weight excluding hydrogens is 174 g/mol. The van der Waals surface area contributed by atoms with Crippen LogP contribution in [0.3, 0.4) is 0 Å². The van der Waals surface area contributed by atoms with E-state index in [1.54, 1.807) is 21.0 Å². The van der Waals surface area contributed by atoms with E-state index < -0.39 is 18.0 Å². The Balaban J connectivity index is 4.10. The lowest BCUT2D eigenvalue weighted by atomic mass is 10.2. The second kappa shape index (κ2) is 5.53. The molecule has 0 aromatic rings. The molecule has 76 valence electrons. The molecule has 13 heavy (non-hydrogen) atoms. The van der Waals surface area contributed by atoms with Gasteiger partial charge in [-0.2, -0.15) is 0 Å². The number of hydrogen-bond donors (Lipinski definition) is 1. The minimum absolute atomic E-state index is 0.140. The quantitative estimate of drug-likeness (QED) is 0.474. The van der Waals surface area contributed by atoms with Gasteiger partial charge in [0.2, 0.25) is 0 Å². The molecule has 5 heteroatoms. The predicted molar refractivity (Wildman–Crippen MR) is 42.9 cm³/mol. The maximum Gasteiger partial charge on any atom is 0.312 e. The predicted octanol–water partition coefficient (Wildman–Crippen LogP) is -2.80. The van der Waals surface area contributed by atoms with Gasteiger partial charge in [0, 0.05) is 0 Å². The van der Waals surface area contributed by atoms with Crippen LogP contribution in [0.15, 0.2) is 0 Å². The van der Waals surface area contributed by atoms with Crippen LogP contribution in [0.1, 0.15) is 13.3 Å². The Labute approximate surface area is 77.3 Å². The molecule has 0 aromatic carbocycles. The van der Waals surface area contributed by atoms with Crippen LogP contribution in [0.5, 0.6) is 0 Å². The minimum Gasteiger partial charge on any atom is -0.544 e. The number of rotatable bonds is 5. The Morgan fingerprint density at radius 3 is 2.31 bits per heavy atom. The Bertz CT molecular complexity index is 191. The van der Waals surface area contributed by atoms with Crippen molar-refractivity contribution in [3.8, 4) is 0 Å². The molecule has 0 aromatic heterocycles. The Kier molecular flexibility index (Phi) is 5.06. The molecule has 0 aliphatic rings. The highest BCUT2D eigenvalue weighted by atomic mass is 16.5. The molecular formula is C8H15NO4. The molecule has 0 fully saturated rings. The van der Waals surface area contributed by atoms with Crippen molar-refractivity contribution in [1.82, 2.24) is 0 Å². The molecule has 5 nitrogen and oxygen atoms in total. The maximum atomic E-state index is 10.9. The number of carbonyl (C=O) groups is 2. The summed E-state index contributed by atoms with van der Waals surface area (Å²) in [5.74, 6) is -1.73. The lowest BCUT2D eigenvalue weighted by Crippen LogP contribution is -3.12. The van der Waals surface area contributed by atoms with Crippen molar-refractivity contribution in [2.45, 2.75) is 19.4 Å². The maximum absolute atomic E-state index is 10.9. The molecule has 0 aliphatic carbocycles. The van der Waals surface area contributed by atoms with Crippen LogP contribution in [0, 0.1) is 0 Å². The number of quaternary nitrogens is 1. The first-order valence-corrected chi connectivity index (χ1v) is 4.15. The van der Waals surface area contributed by atoms with Gasteiger partial charge in [0.25, 0.3) is 0 Å². The number of aliphatic carboxylic acids is 1. The highest BCUT2D eigenvalue weighted by molar-refractivity contribution is 5.79. The van der Waals surface area contributed by atoms with Gasteiger partial charge in [-0.05, 0) is 6.92 Å². The van der Waals surface area contributed by atoms with Crippen molar-refractivity contribution in [3.63, 3.8) is 0 Å². The van der Waals surface area contributed by atoms with Crippen LogP contribution >= 0.6 is 0 Å². The van der Waals surface area contributed by atoms with Gasteiger partial charge >= 0.3 is 5.97 Å². The molecule has 0 spiro atoms. The zero-order valence-corrected chi connectivity index (χ0v) is 8.12. The normalized spacial score (nSPS) is 12.6. The minimum atomic E-state index is -1.23. The van der Waals surface area contributed by atoms with Crippen molar-refractivity contribution >= 4 is 11.9 Å². The highest BCUT2D eigenvalue weighted by Crippen LogP contribution is 1.90. The second-order valence-electron chi connectivity index (χ2n) is 2.96. The van der Waals surface area contributed by atoms with Gasteiger partial charge in [-0.25, -0.2) is 0 Å². The number of esters is 1. The van der Waals surface area contributed by atoms with E-state index in [9.17, 15) is 14.7 Å². The fourth-order valence-electron chi connectivity index (χ4n) is 0.910. The molecule has 0 bridgehead atoms. The molecule has 0 rings (SSSR count).